The summed E-state index contributed by atoms with van der Waals surface area (Å²) in [4.78, 5) is 26.6. The summed E-state index contributed by atoms with van der Waals surface area (Å²) in [5.41, 5.74) is 0. The van der Waals surface area contributed by atoms with E-state index < -0.39 is 16.1 Å². The van der Waals surface area contributed by atoms with Crippen LogP contribution in [0.2, 0.25) is 0 Å². The number of piperazine rings is 1. The predicted molar refractivity (Wildman–Crippen MR) is 112 cm³/mol. The van der Waals surface area contributed by atoms with E-state index in [1.54, 1.807) is 17.0 Å². The number of sulfonamides is 1. The third-order valence-corrected chi connectivity index (χ3v) is 7.45. The minimum absolute atomic E-state index is 0.148. The first kappa shape index (κ1) is 22.6. The topological polar surface area (TPSA) is 96.0 Å². The Balaban J connectivity index is 1.90. The molecule has 3 atom stereocenters. The van der Waals surface area contributed by atoms with Gasteiger partial charge in [0, 0.05) is 32.1 Å². The maximum atomic E-state index is 13.5. The molecule has 2 aliphatic rings. The molecule has 1 aromatic carbocycles. The number of ether oxygens (including phenoxy) is 1. The van der Waals surface area contributed by atoms with Crippen molar-refractivity contribution in [3.8, 4) is 5.75 Å². The van der Waals surface area contributed by atoms with Crippen LogP contribution in [-0.4, -0.2) is 67.3 Å². The summed E-state index contributed by atoms with van der Waals surface area (Å²) >= 11 is 0. The number of fused-ring (bicyclic) bond motifs is 1. The maximum absolute atomic E-state index is 13.5. The van der Waals surface area contributed by atoms with Gasteiger partial charge < -0.3 is 15.0 Å². The molecule has 30 heavy (non-hydrogen) atoms. The molecule has 2 aliphatic heterocycles. The van der Waals surface area contributed by atoms with E-state index in [1.165, 1.54) is 23.4 Å². The molecule has 0 saturated carbocycles. The summed E-state index contributed by atoms with van der Waals surface area (Å²) in [5, 5.41) is 2.86. The minimum Gasteiger partial charge on any atom is -0.494 e. The Labute approximate surface area is 178 Å². The lowest BCUT2D eigenvalue weighted by Gasteiger charge is -2.42. The van der Waals surface area contributed by atoms with Gasteiger partial charge in [-0.3, -0.25) is 9.59 Å². The summed E-state index contributed by atoms with van der Waals surface area (Å²) in [7, 11) is -3.86. The zero-order valence-electron chi connectivity index (χ0n) is 18.0. The van der Waals surface area contributed by atoms with Crippen molar-refractivity contribution in [2.75, 3.05) is 19.7 Å². The fourth-order valence-electron chi connectivity index (χ4n) is 4.34. The molecule has 166 valence electrons. The summed E-state index contributed by atoms with van der Waals surface area (Å²) in [6.45, 7) is 8.42. The fraction of sp³-hybridized carbons (Fsp3) is 0.619. The van der Waals surface area contributed by atoms with Crippen molar-refractivity contribution >= 4 is 21.8 Å². The molecule has 2 saturated heterocycles. The molecule has 3 rings (SSSR count). The zero-order valence-corrected chi connectivity index (χ0v) is 18.8. The van der Waals surface area contributed by atoms with E-state index in [2.05, 4.69) is 5.32 Å². The first-order valence-electron chi connectivity index (χ1n) is 10.5. The summed E-state index contributed by atoms with van der Waals surface area (Å²) in [6.07, 6.45) is 0.998. The van der Waals surface area contributed by atoms with Crippen molar-refractivity contribution in [1.82, 2.24) is 14.5 Å². The highest BCUT2D eigenvalue weighted by Gasteiger charge is 2.49. The number of amides is 2. The van der Waals surface area contributed by atoms with Crippen LogP contribution >= 0.6 is 0 Å². The Bertz CT molecular complexity index is 884. The SMILES string of the molecule is CCOc1ccc(S(=O)(=O)N2C[C@@H]3C[C@H](NC(C)=O)CN3C(=O)[C@@H]2CC(C)C)cc1. The smallest absolute Gasteiger partial charge is 0.243 e. The molecule has 0 aromatic heterocycles. The molecule has 2 amide bonds. The molecule has 0 unspecified atom stereocenters. The lowest BCUT2D eigenvalue weighted by molar-refractivity contribution is -0.141. The number of nitrogens with zero attached hydrogens (tertiary/aromatic N) is 2. The van der Waals surface area contributed by atoms with E-state index in [9.17, 15) is 18.0 Å². The monoisotopic (exact) mass is 437 g/mol. The van der Waals surface area contributed by atoms with Gasteiger partial charge in [-0.25, -0.2) is 8.42 Å². The van der Waals surface area contributed by atoms with Crippen molar-refractivity contribution in [3.63, 3.8) is 0 Å². The number of nitrogens with one attached hydrogen (secondary N) is 1. The van der Waals surface area contributed by atoms with Crippen LogP contribution in [0.4, 0.5) is 0 Å². The summed E-state index contributed by atoms with van der Waals surface area (Å²) in [5.74, 6) is 0.430. The van der Waals surface area contributed by atoms with Gasteiger partial charge in [-0.1, -0.05) is 13.8 Å². The first-order chi connectivity index (χ1) is 14.1. The third-order valence-electron chi connectivity index (χ3n) is 5.56. The highest BCUT2D eigenvalue weighted by atomic mass is 32.2. The molecular formula is C21H31N3O5S. The van der Waals surface area contributed by atoms with Gasteiger partial charge in [0.1, 0.15) is 11.8 Å². The van der Waals surface area contributed by atoms with Gasteiger partial charge in [-0.05, 0) is 49.9 Å². The van der Waals surface area contributed by atoms with Gasteiger partial charge in [-0.15, -0.1) is 0 Å². The van der Waals surface area contributed by atoms with Crippen LogP contribution in [0.5, 0.6) is 5.75 Å². The molecule has 2 heterocycles. The highest BCUT2D eigenvalue weighted by Crippen LogP contribution is 2.33. The van der Waals surface area contributed by atoms with Gasteiger partial charge in [0.2, 0.25) is 21.8 Å². The Kier molecular flexibility index (Phi) is 6.71. The van der Waals surface area contributed by atoms with E-state index in [0.717, 1.165) is 0 Å². The zero-order chi connectivity index (χ0) is 22.1. The lowest BCUT2D eigenvalue weighted by atomic mass is 9.99. The van der Waals surface area contributed by atoms with Crippen molar-refractivity contribution < 1.29 is 22.7 Å². The van der Waals surface area contributed by atoms with Crippen LogP contribution in [0.1, 0.15) is 40.5 Å². The highest BCUT2D eigenvalue weighted by molar-refractivity contribution is 7.89. The van der Waals surface area contributed by atoms with E-state index in [4.69, 9.17) is 4.74 Å². The molecule has 0 aliphatic carbocycles. The van der Waals surface area contributed by atoms with Gasteiger partial charge in [0.15, 0.2) is 0 Å². The number of benzene rings is 1. The van der Waals surface area contributed by atoms with Crippen LogP contribution in [-0.2, 0) is 19.6 Å². The Morgan fingerprint density at radius 3 is 2.47 bits per heavy atom. The van der Waals surface area contributed by atoms with Crippen molar-refractivity contribution in [1.29, 1.82) is 0 Å². The summed E-state index contributed by atoms with van der Waals surface area (Å²) in [6, 6.07) is 5.19. The van der Waals surface area contributed by atoms with E-state index in [0.29, 0.717) is 31.7 Å². The third kappa shape index (κ3) is 4.62. The largest absolute Gasteiger partial charge is 0.494 e. The van der Waals surface area contributed by atoms with Crippen molar-refractivity contribution in [2.45, 2.75) is 63.6 Å². The predicted octanol–water partition coefficient (Wildman–Crippen LogP) is 1.61. The molecule has 8 nitrogen and oxygen atoms in total. The Hall–Kier alpha value is -2.13. The molecule has 0 radical (unpaired) electrons. The number of carbonyl (C=O) groups is 2. The van der Waals surface area contributed by atoms with E-state index in [1.807, 2.05) is 20.8 Å². The second-order valence-corrected chi connectivity index (χ2v) is 10.3. The molecule has 0 spiro atoms. The van der Waals surface area contributed by atoms with Gasteiger partial charge in [-0.2, -0.15) is 4.31 Å². The first-order valence-corrected chi connectivity index (χ1v) is 11.9. The van der Waals surface area contributed by atoms with Gasteiger partial charge >= 0.3 is 0 Å². The van der Waals surface area contributed by atoms with Gasteiger partial charge in [0.25, 0.3) is 0 Å². The van der Waals surface area contributed by atoms with E-state index >= 15 is 0 Å². The fourth-order valence-corrected chi connectivity index (χ4v) is 5.97. The number of rotatable bonds is 7. The van der Waals surface area contributed by atoms with Crippen LogP contribution in [0.25, 0.3) is 0 Å². The second kappa shape index (κ2) is 8.93. The van der Waals surface area contributed by atoms with Crippen LogP contribution in [0.3, 0.4) is 0 Å². The average Bonchev–Trinajstić information content (AvgIpc) is 3.06. The Morgan fingerprint density at radius 1 is 1.23 bits per heavy atom. The normalized spacial score (nSPS) is 24.8. The second-order valence-electron chi connectivity index (χ2n) is 8.40. The molecular weight excluding hydrogens is 406 g/mol. The molecule has 1 N–H and O–H groups in total. The number of hydrogen-bond acceptors (Lipinski definition) is 5. The average molecular weight is 438 g/mol. The minimum atomic E-state index is -3.86. The van der Waals surface area contributed by atoms with Crippen LogP contribution in [0.15, 0.2) is 29.2 Å². The molecule has 9 heteroatoms. The van der Waals surface area contributed by atoms with Crippen molar-refractivity contribution in [2.24, 2.45) is 5.92 Å². The summed E-state index contributed by atoms with van der Waals surface area (Å²) < 4.78 is 33.7. The van der Waals surface area contributed by atoms with Crippen molar-refractivity contribution in [3.05, 3.63) is 24.3 Å². The van der Waals surface area contributed by atoms with Crippen LogP contribution in [0, 0.1) is 5.92 Å². The number of carbonyl (C=O) groups excluding carboxylic acids is 2. The molecule has 1 aromatic rings. The number of hydrogen-bond donors (Lipinski definition) is 1. The standard InChI is InChI=1S/C21H31N3O5S/c1-5-29-18-6-8-19(9-7-18)30(27,28)24-13-17-11-16(22-15(4)25)12-23(17)21(26)20(24)10-14(2)3/h6-9,14,16-17,20H,5,10-13H2,1-4H3,(H,22,25)/t16-,17-,20-/m0/s1. The molecule has 0 bridgehead atoms. The quantitative estimate of drug-likeness (QED) is 0.699. The van der Waals surface area contributed by atoms with Crippen LogP contribution < -0.4 is 10.1 Å². The molecule has 2 fully saturated rings. The Morgan fingerprint density at radius 2 is 1.90 bits per heavy atom. The lowest BCUT2D eigenvalue weighted by Crippen LogP contribution is -2.61. The van der Waals surface area contributed by atoms with E-state index in [-0.39, 0.29) is 41.3 Å². The maximum Gasteiger partial charge on any atom is 0.243 e. The van der Waals surface area contributed by atoms with Gasteiger partial charge in [0.05, 0.1) is 11.5 Å².